The Morgan fingerprint density at radius 3 is 2.75 bits per heavy atom. The van der Waals surface area contributed by atoms with Crippen LogP contribution in [0.3, 0.4) is 0 Å². The Hall–Kier alpha value is -0.570. The van der Waals surface area contributed by atoms with Crippen molar-refractivity contribution in [1.29, 1.82) is 0 Å². The van der Waals surface area contributed by atoms with Crippen molar-refractivity contribution < 1.29 is 4.79 Å². The number of hydrazine groups is 1. The molecule has 0 fully saturated rings. The first-order valence-electron chi connectivity index (χ1n) is 2.76. The van der Waals surface area contributed by atoms with Gasteiger partial charge < -0.3 is 0 Å². The first-order chi connectivity index (χ1) is 3.81. The van der Waals surface area contributed by atoms with Crippen molar-refractivity contribution in [2.45, 2.75) is 26.3 Å². The molecular formula is C5H12N2O. The van der Waals surface area contributed by atoms with E-state index in [1.54, 1.807) is 0 Å². The standard InChI is InChI=1S/C5H12N2O/c1-3-5(2)7-6-4-8/h4-5,7H,3H2,1-2H3,(H,6,8). The smallest absolute Gasteiger partial charge is 0.221 e. The van der Waals surface area contributed by atoms with Gasteiger partial charge in [-0.2, -0.15) is 0 Å². The lowest BCUT2D eigenvalue weighted by Gasteiger charge is -2.07. The highest BCUT2D eigenvalue weighted by Gasteiger charge is 1.91. The molecule has 0 saturated heterocycles. The van der Waals surface area contributed by atoms with Crippen molar-refractivity contribution in [3.63, 3.8) is 0 Å². The van der Waals surface area contributed by atoms with Gasteiger partial charge in [0.25, 0.3) is 0 Å². The van der Waals surface area contributed by atoms with Crippen LogP contribution in [-0.2, 0) is 4.79 Å². The average Bonchev–Trinajstić information content (AvgIpc) is 1.83. The summed E-state index contributed by atoms with van der Waals surface area (Å²) < 4.78 is 0. The Labute approximate surface area is 49.4 Å². The van der Waals surface area contributed by atoms with E-state index in [-0.39, 0.29) is 0 Å². The summed E-state index contributed by atoms with van der Waals surface area (Å²) >= 11 is 0. The zero-order valence-electron chi connectivity index (χ0n) is 5.27. The zero-order chi connectivity index (χ0) is 6.41. The summed E-state index contributed by atoms with van der Waals surface area (Å²) in [6.45, 7) is 4.04. The molecule has 0 bridgehead atoms. The Morgan fingerprint density at radius 2 is 2.38 bits per heavy atom. The summed E-state index contributed by atoms with van der Waals surface area (Å²) in [7, 11) is 0. The van der Waals surface area contributed by atoms with Crippen molar-refractivity contribution in [1.82, 2.24) is 10.9 Å². The van der Waals surface area contributed by atoms with Crippen LogP contribution in [0.1, 0.15) is 20.3 Å². The quantitative estimate of drug-likeness (QED) is 0.402. The Kier molecular flexibility index (Phi) is 4.26. The minimum atomic E-state index is 0.361. The van der Waals surface area contributed by atoms with Gasteiger partial charge in [0.2, 0.25) is 6.41 Å². The van der Waals surface area contributed by atoms with Crippen LogP contribution >= 0.6 is 0 Å². The van der Waals surface area contributed by atoms with Gasteiger partial charge in [0, 0.05) is 6.04 Å². The molecule has 3 heteroatoms. The number of rotatable bonds is 4. The predicted molar refractivity (Wildman–Crippen MR) is 32.1 cm³/mol. The van der Waals surface area contributed by atoms with E-state index >= 15 is 0 Å². The lowest BCUT2D eigenvalue weighted by atomic mass is 10.3. The fourth-order valence-electron chi connectivity index (χ4n) is 0.278. The molecular weight excluding hydrogens is 104 g/mol. The van der Waals surface area contributed by atoms with E-state index in [9.17, 15) is 4.79 Å². The maximum atomic E-state index is 9.65. The van der Waals surface area contributed by atoms with Crippen LogP contribution in [-0.4, -0.2) is 12.5 Å². The lowest BCUT2D eigenvalue weighted by Crippen LogP contribution is -2.37. The molecule has 1 amide bonds. The van der Waals surface area contributed by atoms with Crippen molar-refractivity contribution in [3.8, 4) is 0 Å². The Morgan fingerprint density at radius 1 is 1.75 bits per heavy atom. The second kappa shape index (κ2) is 4.59. The van der Waals surface area contributed by atoms with E-state index in [2.05, 4.69) is 10.9 Å². The predicted octanol–water partition coefficient (Wildman–Crippen LogP) is 0.0355. The molecule has 2 N–H and O–H groups in total. The third-order valence-corrected chi connectivity index (χ3v) is 1.00. The molecule has 0 aromatic rings. The van der Waals surface area contributed by atoms with Crippen LogP contribution in [0.5, 0.6) is 0 Å². The monoisotopic (exact) mass is 116 g/mol. The molecule has 48 valence electrons. The third kappa shape index (κ3) is 3.61. The molecule has 0 aliphatic carbocycles. The van der Waals surface area contributed by atoms with Gasteiger partial charge in [0.05, 0.1) is 0 Å². The van der Waals surface area contributed by atoms with Crippen LogP contribution in [0.15, 0.2) is 0 Å². The maximum Gasteiger partial charge on any atom is 0.221 e. The Balaban J connectivity index is 2.97. The van der Waals surface area contributed by atoms with Crippen molar-refractivity contribution in [2.24, 2.45) is 0 Å². The van der Waals surface area contributed by atoms with Crippen LogP contribution in [0, 0.1) is 0 Å². The Bertz CT molecular complexity index is 65.4. The number of amides is 1. The van der Waals surface area contributed by atoms with E-state index < -0.39 is 0 Å². The average molecular weight is 116 g/mol. The van der Waals surface area contributed by atoms with E-state index in [4.69, 9.17) is 0 Å². The topological polar surface area (TPSA) is 41.1 Å². The van der Waals surface area contributed by atoms with Gasteiger partial charge >= 0.3 is 0 Å². The van der Waals surface area contributed by atoms with Gasteiger partial charge in [-0.15, -0.1) is 0 Å². The van der Waals surface area contributed by atoms with Crippen molar-refractivity contribution in [2.75, 3.05) is 0 Å². The van der Waals surface area contributed by atoms with Gasteiger partial charge in [-0.1, -0.05) is 6.92 Å². The second-order valence-corrected chi connectivity index (χ2v) is 1.72. The van der Waals surface area contributed by atoms with E-state index in [0.717, 1.165) is 6.42 Å². The molecule has 3 nitrogen and oxygen atoms in total. The first kappa shape index (κ1) is 7.43. The van der Waals surface area contributed by atoms with Gasteiger partial charge in [-0.3, -0.25) is 10.2 Å². The molecule has 1 unspecified atom stereocenters. The molecule has 0 spiro atoms. The molecule has 0 heterocycles. The fraction of sp³-hybridized carbons (Fsp3) is 0.800. The van der Waals surface area contributed by atoms with Crippen LogP contribution in [0.2, 0.25) is 0 Å². The molecule has 0 aliphatic rings. The highest BCUT2D eigenvalue weighted by Crippen LogP contribution is 1.82. The van der Waals surface area contributed by atoms with Gasteiger partial charge in [-0.25, -0.2) is 5.43 Å². The minimum absolute atomic E-state index is 0.361. The molecule has 0 radical (unpaired) electrons. The van der Waals surface area contributed by atoms with Gasteiger partial charge in [0.15, 0.2) is 0 Å². The first-order valence-corrected chi connectivity index (χ1v) is 2.76. The summed E-state index contributed by atoms with van der Waals surface area (Å²) in [6, 6.07) is 0.361. The molecule has 0 aliphatic heterocycles. The van der Waals surface area contributed by atoms with Crippen molar-refractivity contribution >= 4 is 6.41 Å². The maximum absolute atomic E-state index is 9.65. The molecule has 0 aromatic carbocycles. The molecule has 1 atom stereocenters. The third-order valence-electron chi connectivity index (χ3n) is 1.00. The fourth-order valence-corrected chi connectivity index (χ4v) is 0.278. The highest BCUT2D eigenvalue weighted by atomic mass is 16.1. The number of carbonyl (C=O) groups is 1. The minimum Gasteiger partial charge on any atom is -0.294 e. The number of carbonyl (C=O) groups excluding carboxylic acids is 1. The highest BCUT2D eigenvalue weighted by molar-refractivity contribution is 5.44. The van der Waals surface area contributed by atoms with E-state index in [1.807, 2.05) is 13.8 Å². The second-order valence-electron chi connectivity index (χ2n) is 1.72. The summed E-state index contributed by atoms with van der Waals surface area (Å²) in [5.74, 6) is 0. The van der Waals surface area contributed by atoms with Crippen LogP contribution < -0.4 is 10.9 Å². The lowest BCUT2D eigenvalue weighted by molar-refractivity contribution is -0.110. The van der Waals surface area contributed by atoms with Gasteiger partial charge in [-0.05, 0) is 13.3 Å². The SMILES string of the molecule is CCC(C)NNC=O. The number of hydrogen-bond donors (Lipinski definition) is 2. The summed E-state index contributed by atoms with van der Waals surface area (Å²) in [4.78, 5) is 9.65. The number of hydrogen-bond acceptors (Lipinski definition) is 2. The zero-order valence-corrected chi connectivity index (χ0v) is 5.27. The molecule has 8 heavy (non-hydrogen) atoms. The van der Waals surface area contributed by atoms with Gasteiger partial charge in [0.1, 0.15) is 0 Å². The molecule has 0 aromatic heterocycles. The van der Waals surface area contributed by atoms with Crippen LogP contribution in [0.25, 0.3) is 0 Å². The summed E-state index contributed by atoms with van der Waals surface area (Å²) in [5.41, 5.74) is 5.13. The van der Waals surface area contributed by atoms with E-state index in [0.29, 0.717) is 12.5 Å². The molecule has 0 rings (SSSR count). The van der Waals surface area contributed by atoms with Crippen molar-refractivity contribution in [3.05, 3.63) is 0 Å². The largest absolute Gasteiger partial charge is 0.294 e. The van der Waals surface area contributed by atoms with E-state index in [1.165, 1.54) is 0 Å². The summed E-state index contributed by atoms with van der Waals surface area (Å²) in [5, 5.41) is 0. The number of nitrogens with one attached hydrogen (secondary N) is 2. The van der Waals surface area contributed by atoms with Crippen LogP contribution in [0.4, 0.5) is 0 Å². The normalized spacial score (nSPS) is 12.8. The summed E-state index contributed by atoms with van der Waals surface area (Å²) in [6.07, 6.45) is 1.65. The molecule has 0 saturated carbocycles.